The highest BCUT2D eigenvalue weighted by molar-refractivity contribution is 6.11. The fourth-order valence-electron chi connectivity index (χ4n) is 3.47. The lowest BCUT2D eigenvalue weighted by Gasteiger charge is -2.14. The van der Waals surface area contributed by atoms with Gasteiger partial charge in [0.25, 0.3) is 11.8 Å². The summed E-state index contributed by atoms with van der Waals surface area (Å²) in [5.74, 6) is 0.849. The monoisotopic (exact) mass is 388 g/mol. The second-order valence-electron chi connectivity index (χ2n) is 6.62. The van der Waals surface area contributed by atoms with Crippen molar-refractivity contribution in [2.75, 3.05) is 19.5 Å². The van der Waals surface area contributed by atoms with E-state index in [0.29, 0.717) is 34.9 Å². The van der Waals surface area contributed by atoms with Crippen LogP contribution in [0.15, 0.2) is 60.7 Å². The van der Waals surface area contributed by atoms with Crippen molar-refractivity contribution < 1.29 is 19.1 Å². The lowest BCUT2D eigenvalue weighted by Crippen LogP contribution is -2.17. The van der Waals surface area contributed by atoms with Crippen molar-refractivity contribution in [3.05, 3.63) is 77.4 Å². The number of anilines is 1. The number of hydrogen-bond donors (Lipinski definition) is 2. The molecule has 0 saturated heterocycles. The van der Waals surface area contributed by atoms with Crippen LogP contribution in [0.1, 0.15) is 26.3 Å². The van der Waals surface area contributed by atoms with Gasteiger partial charge in [0.15, 0.2) is 0 Å². The average Bonchev–Trinajstić information content (AvgIpc) is 3.16. The molecule has 0 spiro atoms. The SMILES string of the molecule is COc1cc(OC)cc(-c2ccc(NC(=O)c3ccccc3)c3c2CNC3=O)c1. The molecular formula is C23H20N2O4. The number of ether oxygens (including phenoxy) is 2. The zero-order valence-corrected chi connectivity index (χ0v) is 16.1. The molecule has 2 amide bonds. The van der Waals surface area contributed by atoms with Crippen LogP contribution in [-0.2, 0) is 6.54 Å². The molecule has 1 heterocycles. The number of fused-ring (bicyclic) bond motifs is 1. The predicted octanol–water partition coefficient (Wildman–Crippen LogP) is 3.87. The highest BCUT2D eigenvalue weighted by atomic mass is 16.5. The normalized spacial score (nSPS) is 12.1. The summed E-state index contributed by atoms with van der Waals surface area (Å²) in [5, 5.41) is 5.72. The smallest absolute Gasteiger partial charge is 0.255 e. The van der Waals surface area contributed by atoms with Crippen LogP contribution in [-0.4, -0.2) is 26.0 Å². The van der Waals surface area contributed by atoms with E-state index in [1.54, 1.807) is 50.6 Å². The van der Waals surface area contributed by atoms with Gasteiger partial charge in [-0.05, 0) is 47.0 Å². The van der Waals surface area contributed by atoms with Crippen LogP contribution < -0.4 is 20.1 Å². The lowest BCUT2D eigenvalue weighted by molar-refractivity contribution is 0.0966. The summed E-state index contributed by atoms with van der Waals surface area (Å²) in [5.41, 5.74) is 4.08. The number of carbonyl (C=O) groups excluding carboxylic acids is 2. The van der Waals surface area contributed by atoms with Crippen LogP contribution in [0.5, 0.6) is 11.5 Å². The van der Waals surface area contributed by atoms with Gasteiger partial charge in [-0.25, -0.2) is 0 Å². The van der Waals surface area contributed by atoms with Crippen molar-refractivity contribution in [1.82, 2.24) is 5.32 Å². The molecule has 146 valence electrons. The largest absolute Gasteiger partial charge is 0.497 e. The Morgan fingerprint density at radius 1 is 0.966 bits per heavy atom. The first-order valence-electron chi connectivity index (χ1n) is 9.14. The van der Waals surface area contributed by atoms with E-state index >= 15 is 0 Å². The Kier molecular flexibility index (Phi) is 4.91. The fourth-order valence-corrected chi connectivity index (χ4v) is 3.47. The van der Waals surface area contributed by atoms with Crippen molar-refractivity contribution in [2.45, 2.75) is 6.54 Å². The first-order chi connectivity index (χ1) is 14.1. The highest BCUT2D eigenvalue weighted by Crippen LogP contribution is 2.37. The molecule has 0 atom stereocenters. The molecule has 0 aliphatic carbocycles. The first-order valence-corrected chi connectivity index (χ1v) is 9.14. The van der Waals surface area contributed by atoms with E-state index in [4.69, 9.17) is 9.47 Å². The van der Waals surface area contributed by atoms with Crippen LogP contribution in [0.3, 0.4) is 0 Å². The molecular weight excluding hydrogens is 368 g/mol. The molecule has 0 bridgehead atoms. The molecule has 0 fully saturated rings. The molecule has 0 radical (unpaired) electrons. The van der Waals surface area contributed by atoms with Gasteiger partial charge in [0.05, 0.1) is 25.5 Å². The Balaban J connectivity index is 1.76. The molecule has 0 unspecified atom stereocenters. The van der Waals surface area contributed by atoms with Gasteiger partial charge in [0.2, 0.25) is 0 Å². The van der Waals surface area contributed by atoms with Gasteiger partial charge in [-0.3, -0.25) is 9.59 Å². The van der Waals surface area contributed by atoms with Crippen molar-refractivity contribution >= 4 is 17.5 Å². The van der Waals surface area contributed by atoms with Crippen LogP contribution in [0.4, 0.5) is 5.69 Å². The summed E-state index contributed by atoms with van der Waals surface area (Å²) in [4.78, 5) is 25.1. The molecule has 0 saturated carbocycles. The Bertz CT molecular complexity index is 1070. The maximum Gasteiger partial charge on any atom is 0.255 e. The third-order valence-corrected chi connectivity index (χ3v) is 4.91. The summed E-state index contributed by atoms with van der Waals surface area (Å²) < 4.78 is 10.7. The topological polar surface area (TPSA) is 76.7 Å². The number of rotatable bonds is 5. The summed E-state index contributed by atoms with van der Waals surface area (Å²) in [6.07, 6.45) is 0. The van der Waals surface area contributed by atoms with Gasteiger partial charge in [-0.2, -0.15) is 0 Å². The van der Waals surface area contributed by atoms with Crippen LogP contribution in [0.25, 0.3) is 11.1 Å². The van der Waals surface area contributed by atoms with E-state index in [1.807, 2.05) is 24.3 Å². The maximum atomic E-state index is 12.6. The van der Waals surface area contributed by atoms with Crippen LogP contribution >= 0.6 is 0 Å². The van der Waals surface area contributed by atoms with E-state index < -0.39 is 0 Å². The molecule has 0 aromatic heterocycles. The summed E-state index contributed by atoms with van der Waals surface area (Å²) in [6.45, 7) is 0.387. The lowest BCUT2D eigenvalue weighted by atomic mass is 9.95. The van der Waals surface area contributed by atoms with Gasteiger partial charge < -0.3 is 20.1 Å². The van der Waals surface area contributed by atoms with E-state index in [2.05, 4.69) is 10.6 Å². The van der Waals surface area contributed by atoms with Gasteiger partial charge in [-0.15, -0.1) is 0 Å². The van der Waals surface area contributed by atoms with E-state index in [1.165, 1.54) is 0 Å². The first kappa shape index (κ1) is 18.6. The molecule has 6 heteroatoms. The summed E-state index contributed by atoms with van der Waals surface area (Å²) in [6, 6.07) is 18.1. The van der Waals surface area contributed by atoms with E-state index in [0.717, 1.165) is 16.7 Å². The summed E-state index contributed by atoms with van der Waals surface area (Å²) in [7, 11) is 3.19. The number of nitrogens with one attached hydrogen (secondary N) is 2. The van der Waals surface area contributed by atoms with Gasteiger partial charge in [0.1, 0.15) is 11.5 Å². The Hall–Kier alpha value is -3.80. The van der Waals surface area contributed by atoms with Crippen LogP contribution in [0.2, 0.25) is 0 Å². The number of carbonyl (C=O) groups is 2. The standard InChI is InChI=1S/C23H20N2O4/c1-28-16-10-15(11-17(12-16)29-2)18-8-9-20(21-19(18)13-24-23(21)27)25-22(26)14-6-4-3-5-7-14/h3-12H,13H2,1-2H3,(H,24,27)(H,25,26). The zero-order chi connectivity index (χ0) is 20.4. The minimum absolute atomic E-state index is 0.208. The molecule has 1 aliphatic heterocycles. The van der Waals surface area contributed by atoms with Crippen LogP contribution in [0, 0.1) is 0 Å². The van der Waals surface area contributed by atoms with Gasteiger partial charge >= 0.3 is 0 Å². The highest BCUT2D eigenvalue weighted by Gasteiger charge is 2.27. The number of methoxy groups -OCH3 is 2. The maximum absolute atomic E-state index is 12.6. The Morgan fingerprint density at radius 2 is 1.66 bits per heavy atom. The summed E-state index contributed by atoms with van der Waals surface area (Å²) >= 11 is 0. The van der Waals surface area contributed by atoms with Gasteiger partial charge in [0, 0.05) is 18.2 Å². The minimum atomic E-state index is -0.261. The minimum Gasteiger partial charge on any atom is -0.497 e. The number of hydrogen-bond acceptors (Lipinski definition) is 4. The molecule has 6 nitrogen and oxygen atoms in total. The third-order valence-electron chi connectivity index (χ3n) is 4.91. The quantitative estimate of drug-likeness (QED) is 0.696. The fraction of sp³-hybridized carbons (Fsp3) is 0.130. The van der Waals surface area contributed by atoms with Crippen molar-refractivity contribution in [1.29, 1.82) is 0 Å². The number of amides is 2. The predicted molar refractivity (Wildman–Crippen MR) is 111 cm³/mol. The second kappa shape index (κ2) is 7.67. The molecule has 29 heavy (non-hydrogen) atoms. The van der Waals surface area contributed by atoms with Crippen molar-refractivity contribution in [3.63, 3.8) is 0 Å². The van der Waals surface area contributed by atoms with Crippen molar-refractivity contribution in [3.8, 4) is 22.6 Å². The van der Waals surface area contributed by atoms with Crippen molar-refractivity contribution in [2.24, 2.45) is 0 Å². The Morgan fingerprint density at radius 3 is 2.31 bits per heavy atom. The second-order valence-corrected chi connectivity index (χ2v) is 6.62. The number of benzene rings is 3. The molecule has 3 aromatic carbocycles. The van der Waals surface area contributed by atoms with E-state index in [-0.39, 0.29) is 11.8 Å². The molecule has 2 N–H and O–H groups in total. The van der Waals surface area contributed by atoms with Gasteiger partial charge in [-0.1, -0.05) is 24.3 Å². The third kappa shape index (κ3) is 3.52. The Labute approximate surface area is 168 Å². The van der Waals surface area contributed by atoms with E-state index in [9.17, 15) is 9.59 Å². The molecule has 4 rings (SSSR count). The molecule has 3 aromatic rings. The zero-order valence-electron chi connectivity index (χ0n) is 16.1. The molecule has 1 aliphatic rings. The average molecular weight is 388 g/mol.